The summed E-state index contributed by atoms with van der Waals surface area (Å²) in [6, 6.07) is 7.89. The lowest BCUT2D eigenvalue weighted by Crippen LogP contribution is -2.24. The second-order valence-electron chi connectivity index (χ2n) is 4.04. The Kier molecular flexibility index (Phi) is 4.77. The molecule has 1 saturated heterocycles. The highest BCUT2D eigenvalue weighted by Gasteiger charge is 2.21. The molecule has 2 rings (SSSR count). The summed E-state index contributed by atoms with van der Waals surface area (Å²) in [5.41, 5.74) is 2.09. The van der Waals surface area contributed by atoms with Gasteiger partial charge in [-0.05, 0) is 32.0 Å². The van der Waals surface area contributed by atoms with Crippen LogP contribution in [0.5, 0.6) is 0 Å². The minimum atomic E-state index is 0. The lowest BCUT2D eigenvalue weighted by atomic mass is 10.1. The fourth-order valence-electron chi connectivity index (χ4n) is 1.76. The van der Waals surface area contributed by atoms with Crippen molar-refractivity contribution in [3.63, 3.8) is 0 Å². The number of amides is 1. The molecule has 1 fully saturated rings. The third kappa shape index (κ3) is 3.22. The van der Waals surface area contributed by atoms with Gasteiger partial charge in [-0.1, -0.05) is 17.7 Å². The van der Waals surface area contributed by atoms with Crippen LogP contribution in [0.1, 0.15) is 12.0 Å². The topological polar surface area (TPSA) is 41.1 Å². The quantitative estimate of drug-likeness (QED) is 0.830. The van der Waals surface area contributed by atoms with Crippen LogP contribution in [-0.4, -0.2) is 19.0 Å². The van der Waals surface area contributed by atoms with Gasteiger partial charge < -0.3 is 10.6 Å². The number of benzene rings is 1. The summed E-state index contributed by atoms with van der Waals surface area (Å²) >= 11 is 0. The first-order valence-electron chi connectivity index (χ1n) is 5.34. The fourth-order valence-corrected chi connectivity index (χ4v) is 1.76. The minimum Gasteiger partial charge on any atom is -0.326 e. The van der Waals surface area contributed by atoms with E-state index < -0.39 is 0 Å². The molecule has 1 aliphatic rings. The monoisotopic (exact) mass is 240 g/mol. The average Bonchev–Trinajstić information content (AvgIpc) is 2.74. The molecule has 1 aromatic carbocycles. The molecule has 16 heavy (non-hydrogen) atoms. The summed E-state index contributed by atoms with van der Waals surface area (Å²) in [5.74, 6) is 0.259. The van der Waals surface area contributed by atoms with Crippen molar-refractivity contribution < 1.29 is 4.79 Å². The lowest BCUT2D eigenvalue weighted by Gasteiger charge is -2.09. The second kappa shape index (κ2) is 5.87. The van der Waals surface area contributed by atoms with E-state index in [0.29, 0.717) is 0 Å². The molecule has 4 heteroatoms. The number of rotatable bonds is 2. The molecule has 1 unspecified atom stereocenters. The van der Waals surface area contributed by atoms with Crippen molar-refractivity contribution in [2.75, 3.05) is 18.4 Å². The minimum absolute atomic E-state index is 0. The van der Waals surface area contributed by atoms with Crippen molar-refractivity contribution in [3.8, 4) is 0 Å². The number of hydrogen-bond acceptors (Lipinski definition) is 2. The molecule has 1 amide bonds. The first-order valence-corrected chi connectivity index (χ1v) is 5.34. The van der Waals surface area contributed by atoms with Crippen molar-refractivity contribution in [3.05, 3.63) is 29.8 Å². The molecular formula is C12H17ClN2O. The molecule has 1 heterocycles. The van der Waals surface area contributed by atoms with Crippen LogP contribution in [0.2, 0.25) is 0 Å². The predicted molar refractivity (Wildman–Crippen MR) is 68.0 cm³/mol. The Morgan fingerprint density at radius 1 is 1.38 bits per heavy atom. The smallest absolute Gasteiger partial charge is 0.228 e. The van der Waals surface area contributed by atoms with Crippen molar-refractivity contribution in [1.29, 1.82) is 0 Å². The van der Waals surface area contributed by atoms with E-state index >= 15 is 0 Å². The fraction of sp³-hybridized carbons (Fsp3) is 0.417. The summed E-state index contributed by atoms with van der Waals surface area (Å²) in [6.07, 6.45) is 0.942. The first kappa shape index (κ1) is 13.0. The van der Waals surface area contributed by atoms with Crippen LogP contribution in [0.25, 0.3) is 0 Å². The van der Waals surface area contributed by atoms with Gasteiger partial charge in [0, 0.05) is 12.2 Å². The number of hydrogen-bond donors (Lipinski definition) is 2. The van der Waals surface area contributed by atoms with Crippen LogP contribution >= 0.6 is 12.4 Å². The van der Waals surface area contributed by atoms with Crippen molar-refractivity contribution in [1.82, 2.24) is 5.32 Å². The van der Waals surface area contributed by atoms with E-state index in [1.165, 1.54) is 5.56 Å². The van der Waals surface area contributed by atoms with Gasteiger partial charge in [-0.2, -0.15) is 0 Å². The SMILES string of the molecule is Cc1ccc(NC(=O)C2CCNC2)cc1.Cl. The first-order chi connectivity index (χ1) is 7.25. The molecule has 1 atom stereocenters. The van der Waals surface area contributed by atoms with E-state index in [0.717, 1.165) is 25.2 Å². The summed E-state index contributed by atoms with van der Waals surface area (Å²) in [6.45, 7) is 3.79. The van der Waals surface area contributed by atoms with E-state index in [-0.39, 0.29) is 24.2 Å². The molecule has 0 bridgehead atoms. The van der Waals surface area contributed by atoms with Crippen LogP contribution < -0.4 is 10.6 Å². The molecule has 0 aromatic heterocycles. The zero-order chi connectivity index (χ0) is 10.7. The number of anilines is 1. The largest absolute Gasteiger partial charge is 0.326 e. The molecule has 1 aliphatic heterocycles. The summed E-state index contributed by atoms with van der Waals surface area (Å²) < 4.78 is 0. The van der Waals surface area contributed by atoms with Crippen LogP contribution in [-0.2, 0) is 4.79 Å². The second-order valence-corrected chi connectivity index (χ2v) is 4.04. The number of aryl methyl sites for hydroxylation is 1. The number of nitrogens with one attached hydrogen (secondary N) is 2. The molecule has 0 radical (unpaired) electrons. The zero-order valence-electron chi connectivity index (χ0n) is 9.32. The van der Waals surface area contributed by atoms with Crippen LogP contribution in [0, 0.1) is 12.8 Å². The van der Waals surface area contributed by atoms with Crippen molar-refractivity contribution in [2.45, 2.75) is 13.3 Å². The van der Waals surface area contributed by atoms with Crippen molar-refractivity contribution >= 4 is 24.0 Å². The molecule has 0 spiro atoms. The summed E-state index contributed by atoms with van der Waals surface area (Å²) in [4.78, 5) is 11.7. The summed E-state index contributed by atoms with van der Waals surface area (Å²) in [7, 11) is 0. The van der Waals surface area contributed by atoms with Crippen LogP contribution in [0.15, 0.2) is 24.3 Å². The van der Waals surface area contributed by atoms with Gasteiger partial charge >= 0.3 is 0 Å². The Morgan fingerprint density at radius 2 is 2.06 bits per heavy atom. The molecule has 88 valence electrons. The summed E-state index contributed by atoms with van der Waals surface area (Å²) in [5, 5.41) is 6.12. The van der Waals surface area contributed by atoms with E-state index in [4.69, 9.17) is 0 Å². The standard InChI is InChI=1S/C12H16N2O.ClH/c1-9-2-4-11(5-3-9)14-12(15)10-6-7-13-8-10;/h2-5,10,13H,6-8H2,1H3,(H,14,15);1H. The highest BCUT2D eigenvalue weighted by Crippen LogP contribution is 2.13. The van der Waals surface area contributed by atoms with Gasteiger partial charge in [0.25, 0.3) is 0 Å². The number of carbonyl (C=O) groups is 1. The van der Waals surface area contributed by atoms with Gasteiger partial charge in [-0.15, -0.1) is 12.4 Å². The number of halogens is 1. The Labute approximate surface area is 102 Å². The van der Waals surface area contributed by atoms with Gasteiger partial charge in [0.2, 0.25) is 5.91 Å². The van der Waals surface area contributed by atoms with E-state index in [9.17, 15) is 4.79 Å². The average molecular weight is 241 g/mol. The maximum atomic E-state index is 11.7. The Bertz CT molecular complexity index is 345. The van der Waals surface area contributed by atoms with E-state index in [2.05, 4.69) is 10.6 Å². The highest BCUT2D eigenvalue weighted by molar-refractivity contribution is 5.92. The zero-order valence-corrected chi connectivity index (χ0v) is 10.1. The Balaban J connectivity index is 0.00000128. The van der Waals surface area contributed by atoms with Gasteiger partial charge in [-0.3, -0.25) is 4.79 Å². The van der Waals surface area contributed by atoms with Gasteiger partial charge in [0.1, 0.15) is 0 Å². The molecule has 0 saturated carbocycles. The highest BCUT2D eigenvalue weighted by atomic mass is 35.5. The predicted octanol–water partition coefficient (Wildman–Crippen LogP) is 1.96. The van der Waals surface area contributed by atoms with Crippen molar-refractivity contribution in [2.24, 2.45) is 5.92 Å². The lowest BCUT2D eigenvalue weighted by molar-refractivity contribution is -0.119. The van der Waals surface area contributed by atoms with E-state index in [1.807, 2.05) is 31.2 Å². The number of carbonyl (C=O) groups excluding carboxylic acids is 1. The molecule has 3 nitrogen and oxygen atoms in total. The normalized spacial score (nSPS) is 18.9. The van der Waals surface area contributed by atoms with Gasteiger partial charge in [0.15, 0.2) is 0 Å². The third-order valence-corrected chi connectivity index (χ3v) is 2.75. The van der Waals surface area contributed by atoms with Crippen LogP contribution in [0.3, 0.4) is 0 Å². The van der Waals surface area contributed by atoms with Gasteiger partial charge in [0.05, 0.1) is 5.92 Å². The Hall–Kier alpha value is -1.06. The molecule has 2 N–H and O–H groups in total. The molecular weight excluding hydrogens is 224 g/mol. The maximum Gasteiger partial charge on any atom is 0.228 e. The molecule has 1 aromatic rings. The maximum absolute atomic E-state index is 11.7. The van der Waals surface area contributed by atoms with Gasteiger partial charge in [-0.25, -0.2) is 0 Å². The third-order valence-electron chi connectivity index (χ3n) is 2.75. The Morgan fingerprint density at radius 3 is 2.62 bits per heavy atom. The molecule has 0 aliphatic carbocycles. The van der Waals surface area contributed by atoms with E-state index in [1.54, 1.807) is 0 Å². The van der Waals surface area contributed by atoms with Crippen LogP contribution in [0.4, 0.5) is 5.69 Å².